The normalized spacial score (nSPS) is 20.7. The van der Waals surface area contributed by atoms with Gasteiger partial charge in [0.1, 0.15) is 6.04 Å². The van der Waals surface area contributed by atoms with E-state index in [1.807, 2.05) is 0 Å². The van der Waals surface area contributed by atoms with Gasteiger partial charge in [-0.05, 0) is 19.0 Å². The Balaban J connectivity index is 0. The van der Waals surface area contributed by atoms with Crippen molar-refractivity contribution in [3.8, 4) is 0 Å². The molecule has 1 heterocycles. The van der Waals surface area contributed by atoms with E-state index in [4.69, 9.17) is 5.11 Å². The Morgan fingerprint density at radius 3 is 2.50 bits per heavy atom. The molecule has 0 bridgehead atoms. The van der Waals surface area contributed by atoms with Gasteiger partial charge >= 0.3 is 5.97 Å². The molecule has 5 heteroatoms. The minimum atomic E-state index is -0.739. The quantitative estimate of drug-likeness (QED) is 0.757. The predicted octanol–water partition coefficient (Wildman–Crippen LogP) is 1.52. The molecule has 1 saturated heterocycles. The summed E-state index contributed by atoms with van der Waals surface area (Å²) in [4.78, 5) is 12.2. The maximum atomic E-state index is 10.5. The second kappa shape index (κ2) is 6.14. The third-order valence-electron chi connectivity index (χ3n) is 1.81. The lowest BCUT2D eigenvalue weighted by atomic mass is 10.2. The van der Waals surface area contributed by atoms with Gasteiger partial charge in [0.25, 0.3) is 0 Å². The number of hydrogen-bond donors (Lipinski definition) is 1. The summed E-state index contributed by atoms with van der Waals surface area (Å²) < 4.78 is 0. The Morgan fingerprint density at radius 2 is 2.17 bits per heavy atom. The largest absolute Gasteiger partial charge is 0.480 e. The van der Waals surface area contributed by atoms with Crippen LogP contribution in [0.5, 0.6) is 0 Å². The first-order valence-electron chi connectivity index (χ1n) is 3.37. The van der Waals surface area contributed by atoms with Crippen LogP contribution in [0.2, 0.25) is 0 Å². The van der Waals surface area contributed by atoms with Gasteiger partial charge in [0.05, 0.1) is 0 Å². The number of aliphatic carboxylic acids is 1. The Bertz CT molecular complexity index is 163. The lowest BCUT2D eigenvalue weighted by Gasteiger charge is -2.17. The van der Waals surface area contributed by atoms with Crippen LogP contribution < -0.4 is 0 Å². The van der Waals surface area contributed by atoms with Crippen LogP contribution in [0.4, 0.5) is 0 Å². The van der Waals surface area contributed by atoms with Crippen molar-refractivity contribution in [2.75, 3.05) is 6.54 Å². The van der Waals surface area contributed by atoms with E-state index < -0.39 is 5.97 Å². The van der Waals surface area contributed by atoms with Crippen molar-refractivity contribution in [2.45, 2.75) is 18.9 Å². The summed E-state index contributed by atoms with van der Waals surface area (Å²) in [6, 6.07) is -0.322. The molecule has 3 nitrogen and oxygen atoms in total. The summed E-state index contributed by atoms with van der Waals surface area (Å²) in [5.41, 5.74) is 0. The van der Waals surface area contributed by atoms with Crippen LogP contribution in [0.25, 0.3) is 0 Å². The van der Waals surface area contributed by atoms with Gasteiger partial charge in [-0.3, -0.25) is 0 Å². The minimum Gasteiger partial charge on any atom is -0.480 e. The summed E-state index contributed by atoms with van der Waals surface area (Å²) in [6.45, 7) is 4.37. The molecular formula is C7H13Cl2NO2. The Morgan fingerprint density at radius 1 is 1.58 bits per heavy atom. The van der Waals surface area contributed by atoms with E-state index in [1.165, 1.54) is 0 Å². The number of rotatable bonds is 2. The van der Waals surface area contributed by atoms with E-state index in [1.54, 1.807) is 11.1 Å². The molecule has 0 radical (unpaired) electrons. The Hall–Kier alpha value is -0.410. The van der Waals surface area contributed by atoms with Crippen molar-refractivity contribution >= 4 is 30.8 Å². The zero-order valence-electron chi connectivity index (χ0n) is 6.60. The third kappa shape index (κ3) is 2.91. The lowest BCUT2D eigenvalue weighted by Crippen LogP contribution is -2.31. The molecule has 0 aromatic heterocycles. The van der Waals surface area contributed by atoms with E-state index >= 15 is 0 Å². The fraction of sp³-hybridized carbons (Fsp3) is 0.571. The number of likely N-dealkylation sites (tertiary alicyclic amines) is 1. The van der Waals surface area contributed by atoms with Crippen molar-refractivity contribution in [2.24, 2.45) is 0 Å². The number of halogens is 2. The molecule has 0 amide bonds. The topological polar surface area (TPSA) is 40.5 Å². The molecule has 0 aliphatic carbocycles. The van der Waals surface area contributed by atoms with Gasteiger partial charge in [0, 0.05) is 6.54 Å². The van der Waals surface area contributed by atoms with E-state index in [0.29, 0.717) is 0 Å². The smallest absolute Gasteiger partial charge is 0.326 e. The highest BCUT2D eigenvalue weighted by Crippen LogP contribution is 2.16. The van der Waals surface area contributed by atoms with E-state index in [2.05, 4.69) is 6.58 Å². The van der Waals surface area contributed by atoms with Crippen LogP contribution in [0.1, 0.15) is 12.8 Å². The van der Waals surface area contributed by atoms with Gasteiger partial charge in [-0.2, -0.15) is 0 Å². The number of carboxylic acids is 1. The zero-order valence-corrected chi connectivity index (χ0v) is 8.24. The van der Waals surface area contributed by atoms with Crippen molar-refractivity contribution in [1.29, 1.82) is 0 Å². The van der Waals surface area contributed by atoms with Gasteiger partial charge in [0.15, 0.2) is 0 Å². The summed E-state index contributed by atoms with van der Waals surface area (Å²) in [5.74, 6) is -0.739. The van der Waals surface area contributed by atoms with Gasteiger partial charge in [-0.25, -0.2) is 4.79 Å². The highest BCUT2D eigenvalue weighted by molar-refractivity contribution is 5.85. The first kappa shape index (κ1) is 14.1. The van der Waals surface area contributed by atoms with Crippen LogP contribution in [0, 0.1) is 0 Å². The monoisotopic (exact) mass is 213 g/mol. The third-order valence-corrected chi connectivity index (χ3v) is 1.81. The van der Waals surface area contributed by atoms with E-state index in [0.717, 1.165) is 19.4 Å². The van der Waals surface area contributed by atoms with E-state index in [-0.39, 0.29) is 30.9 Å². The average Bonchev–Trinajstić information content (AvgIpc) is 2.33. The van der Waals surface area contributed by atoms with Crippen molar-refractivity contribution < 1.29 is 9.90 Å². The van der Waals surface area contributed by atoms with Crippen molar-refractivity contribution in [3.05, 3.63) is 12.8 Å². The molecule has 72 valence electrons. The highest BCUT2D eigenvalue weighted by Gasteiger charge is 2.27. The number of hydrogen-bond acceptors (Lipinski definition) is 2. The van der Waals surface area contributed by atoms with Crippen LogP contribution >= 0.6 is 24.8 Å². The summed E-state index contributed by atoms with van der Waals surface area (Å²) in [6.07, 6.45) is 3.32. The fourth-order valence-electron chi connectivity index (χ4n) is 1.27. The van der Waals surface area contributed by atoms with Crippen molar-refractivity contribution in [1.82, 2.24) is 4.90 Å². The molecule has 1 aliphatic heterocycles. The first-order chi connectivity index (χ1) is 4.75. The molecular weight excluding hydrogens is 201 g/mol. The standard InChI is InChI=1S/C7H11NO2.2ClH/c1-2-8-5-3-4-6(8)7(9)10;;/h2,6H,1,3-5H2,(H,9,10);2*1H. The molecule has 1 unspecified atom stereocenters. The Labute approximate surface area is 84.3 Å². The fourth-order valence-corrected chi connectivity index (χ4v) is 1.27. The van der Waals surface area contributed by atoms with Crippen LogP contribution in [-0.2, 0) is 4.79 Å². The number of carboxylic acid groups (broad SMARTS) is 1. The molecule has 0 saturated carbocycles. The number of carbonyl (C=O) groups is 1. The van der Waals surface area contributed by atoms with Crippen LogP contribution in [0.15, 0.2) is 12.8 Å². The van der Waals surface area contributed by atoms with Crippen LogP contribution in [0.3, 0.4) is 0 Å². The van der Waals surface area contributed by atoms with Gasteiger partial charge in [-0.15, -0.1) is 24.8 Å². The lowest BCUT2D eigenvalue weighted by molar-refractivity contribution is -0.141. The molecule has 0 spiro atoms. The van der Waals surface area contributed by atoms with E-state index in [9.17, 15) is 4.79 Å². The SMILES string of the molecule is C=CN1CCCC1C(=O)O.Cl.Cl. The second-order valence-corrected chi connectivity index (χ2v) is 2.42. The van der Waals surface area contributed by atoms with Gasteiger partial charge in [0.2, 0.25) is 0 Å². The van der Waals surface area contributed by atoms with Gasteiger partial charge < -0.3 is 10.0 Å². The summed E-state index contributed by atoms with van der Waals surface area (Å²) >= 11 is 0. The first-order valence-corrected chi connectivity index (χ1v) is 3.37. The highest BCUT2D eigenvalue weighted by atomic mass is 35.5. The zero-order chi connectivity index (χ0) is 7.56. The second-order valence-electron chi connectivity index (χ2n) is 2.42. The summed E-state index contributed by atoms with van der Waals surface area (Å²) in [7, 11) is 0. The summed E-state index contributed by atoms with van der Waals surface area (Å²) in [5, 5.41) is 8.63. The maximum absolute atomic E-state index is 10.5. The molecule has 1 fully saturated rings. The predicted molar refractivity (Wildman–Crippen MR) is 52.1 cm³/mol. The van der Waals surface area contributed by atoms with Crippen LogP contribution in [-0.4, -0.2) is 28.6 Å². The molecule has 1 aliphatic rings. The van der Waals surface area contributed by atoms with Gasteiger partial charge in [-0.1, -0.05) is 6.58 Å². The van der Waals surface area contributed by atoms with Crippen molar-refractivity contribution in [3.63, 3.8) is 0 Å². The molecule has 0 aromatic rings. The minimum absolute atomic E-state index is 0. The number of nitrogens with zero attached hydrogens (tertiary/aromatic N) is 1. The molecule has 1 N–H and O–H groups in total. The molecule has 1 atom stereocenters. The maximum Gasteiger partial charge on any atom is 0.326 e. The Kier molecular flexibility index (Phi) is 7.24. The average molecular weight is 214 g/mol. The molecule has 12 heavy (non-hydrogen) atoms. The molecule has 0 aromatic carbocycles. The molecule has 1 rings (SSSR count).